The van der Waals surface area contributed by atoms with Gasteiger partial charge in [-0.1, -0.05) is 26.3 Å². The maximum absolute atomic E-state index is 13.2. The highest BCUT2D eigenvalue weighted by atomic mass is 32.2. The van der Waals surface area contributed by atoms with Crippen LogP contribution in [0, 0.1) is 0 Å². The van der Waals surface area contributed by atoms with E-state index < -0.39 is 38.8 Å². The summed E-state index contributed by atoms with van der Waals surface area (Å²) in [6.07, 6.45) is 6.11. The number of unbranched alkanes of at least 4 members (excludes halogenated alkanes) is 4. The van der Waals surface area contributed by atoms with Gasteiger partial charge in [0.15, 0.2) is 5.54 Å². The predicted molar refractivity (Wildman–Crippen MR) is 501 cm³/mol. The van der Waals surface area contributed by atoms with Crippen molar-refractivity contribution < 1.29 is 165 Å². The predicted octanol–water partition coefficient (Wildman–Crippen LogP) is 6.38. The van der Waals surface area contributed by atoms with Crippen LogP contribution < -0.4 is 30.1 Å². The summed E-state index contributed by atoms with van der Waals surface area (Å²) in [5.74, 6) is -2.09. The average Bonchev–Trinajstić information content (AvgIpc) is 1.06. The Bertz CT molecular complexity index is 4090. The number of ether oxygens (including phenoxy) is 25. The minimum atomic E-state index is -5.02. The van der Waals surface area contributed by atoms with Gasteiger partial charge in [-0.25, -0.2) is 22.6 Å². The van der Waals surface area contributed by atoms with Gasteiger partial charge in [0.05, 0.1) is 327 Å². The van der Waals surface area contributed by atoms with Crippen molar-refractivity contribution in [3.8, 4) is 11.5 Å². The van der Waals surface area contributed by atoms with Gasteiger partial charge in [-0.3, -0.25) is 14.4 Å². The maximum atomic E-state index is 13.2. The number of carboxylic acids is 1. The van der Waals surface area contributed by atoms with Crippen molar-refractivity contribution in [3.63, 3.8) is 0 Å². The van der Waals surface area contributed by atoms with Crippen LogP contribution in [0.2, 0.25) is 0 Å². The quantitative estimate of drug-likeness (QED) is 0.0209. The second-order valence-corrected chi connectivity index (χ2v) is 35.4. The Morgan fingerprint density at radius 1 is 0.438 bits per heavy atom. The molecule has 0 radical (unpaired) electrons. The van der Waals surface area contributed by atoms with Gasteiger partial charge in [0, 0.05) is 97.9 Å². The molecule has 780 valence electrons. The minimum Gasteiger partial charge on any atom is -0.744 e. The van der Waals surface area contributed by atoms with E-state index in [1.54, 1.807) is 7.11 Å². The summed E-state index contributed by atoms with van der Waals surface area (Å²) in [5.41, 5.74) is 3.41. The molecule has 4 aliphatic rings. The highest BCUT2D eigenvalue weighted by Crippen LogP contribution is 2.50. The van der Waals surface area contributed by atoms with Crippen LogP contribution in [-0.4, -0.2) is 401 Å². The average molecular weight is 1970 g/mol. The zero-order valence-corrected chi connectivity index (χ0v) is 82.9. The van der Waals surface area contributed by atoms with E-state index in [1.807, 2.05) is 12.1 Å². The molecular formula is C97H156N4O35S. The number of carbonyl (C=O) groups excluding carboxylic acids is 4. The van der Waals surface area contributed by atoms with Crippen molar-refractivity contribution in [2.75, 3.05) is 342 Å². The highest BCUT2D eigenvalue weighted by Gasteiger charge is 2.42. The Hall–Kier alpha value is -6.57. The molecule has 4 heterocycles. The van der Waals surface area contributed by atoms with E-state index in [0.717, 1.165) is 60.0 Å². The van der Waals surface area contributed by atoms with Gasteiger partial charge in [0.1, 0.15) is 28.2 Å². The molecule has 1 fully saturated rings. The van der Waals surface area contributed by atoms with Gasteiger partial charge in [0.2, 0.25) is 11.3 Å². The number of methoxy groups -OCH3 is 1. The number of nitrogens with one attached hydrogen (secondary N) is 1. The van der Waals surface area contributed by atoms with Crippen LogP contribution in [0.4, 0.5) is 5.69 Å². The number of hydrogen-bond acceptors (Lipinski definition) is 35. The molecule has 40 heteroatoms. The van der Waals surface area contributed by atoms with Gasteiger partial charge >= 0.3 is 11.9 Å². The lowest BCUT2D eigenvalue weighted by molar-refractivity contribution is -0.197. The van der Waals surface area contributed by atoms with Crippen molar-refractivity contribution in [3.05, 3.63) is 80.9 Å². The molecule has 3 aromatic carbocycles. The van der Waals surface area contributed by atoms with Crippen LogP contribution in [0.1, 0.15) is 163 Å². The number of fused-ring (bicyclic) bond motifs is 4. The highest BCUT2D eigenvalue weighted by molar-refractivity contribution is 7.85. The number of anilines is 1. The monoisotopic (exact) mass is 1970 g/mol. The second-order valence-electron chi connectivity index (χ2n) is 34.0. The Kier molecular flexibility index (Phi) is 60.8. The Labute approximate surface area is 808 Å². The number of hydroxylamine groups is 2. The van der Waals surface area contributed by atoms with Gasteiger partial charge in [-0.15, -0.1) is 5.06 Å². The number of nitrogens with zero attached hydrogens (tertiary/aromatic N) is 3. The number of hydrogen-bond donors (Lipinski definition) is 2. The first-order valence-electron chi connectivity index (χ1n) is 48.5. The van der Waals surface area contributed by atoms with Gasteiger partial charge in [-0.05, 0) is 107 Å². The van der Waals surface area contributed by atoms with Crippen LogP contribution >= 0.6 is 0 Å². The number of carboxylic acid groups (broad SMARTS) is 1. The summed E-state index contributed by atoms with van der Waals surface area (Å²) in [5, 5.41) is 15.9. The summed E-state index contributed by atoms with van der Waals surface area (Å²) in [6, 6.07) is 11.7. The Morgan fingerprint density at radius 3 is 1.18 bits per heavy atom. The molecule has 2 unspecified atom stereocenters. The molecule has 0 spiro atoms. The molecule has 2 N–H and O–H groups in total. The lowest BCUT2D eigenvalue weighted by Gasteiger charge is -2.48. The molecule has 39 nitrogen and oxygen atoms in total. The van der Waals surface area contributed by atoms with Crippen molar-refractivity contribution in [2.45, 2.75) is 146 Å². The van der Waals surface area contributed by atoms with E-state index in [1.165, 1.54) is 6.07 Å². The van der Waals surface area contributed by atoms with Crippen LogP contribution in [0.3, 0.4) is 0 Å². The van der Waals surface area contributed by atoms with Gasteiger partial charge < -0.3 is 143 Å². The standard InChI is InChI=1S/C97H156N4O35S/c1-77-75-96(3,4)99(86-73-88-84(71-81(77)86)94(80-17-16-79(137(108,109)110)70-83(80)95(106)107)85-72-82-78(2)76-97(5,6)100(87(82)74-89(85)135-88)22-13-9-11-15-93(105)136-101-91(103)18-19-92(101)104)21-12-8-10-14-90(102)98-20-23-112-26-27-114-30-31-116-34-35-118-38-39-120-42-43-122-46-47-124-50-51-126-54-55-128-58-59-130-62-63-132-66-67-134-69-68-133-65-64-131-61-60-129-57-56-127-53-52-125-49-48-123-45-44-121-41-40-119-37-36-117-33-32-115-29-28-113-25-24-111-7/h16-17,70-74,77-78H,8-15,18-69,75-76H2,1-7H3,(H2-,98,102,106,107,108,109,110). The number of carbonyl (C=O) groups is 5. The largest absolute Gasteiger partial charge is 0.744 e. The number of rotatable bonds is 88. The fraction of sp³-hybridized carbons (Fsp3) is 0.753. The molecule has 0 saturated carbocycles. The molecular weight excluding hydrogens is 1810 g/mol. The number of aromatic carboxylic acids is 1. The van der Waals surface area contributed by atoms with Crippen molar-refractivity contribution in [1.82, 2.24) is 15.0 Å². The summed E-state index contributed by atoms with van der Waals surface area (Å²) in [4.78, 5) is 69.7. The third-order valence-corrected chi connectivity index (χ3v) is 23.3. The molecule has 0 aromatic heterocycles. The molecule has 3 amide bonds. The first-order valence-corrected chi connectivity index (χ1v) is 49.9. The lowest BCUT2D eigenvalue weighted by Crippen LogP contribution is -2.53. The van der Waals surface area contributed by atoms with Crippen LogP contribution in [0.5, 0.6) is 11.5 Å². The molecule has 1 saturated heterocycles. The van der Waals surface area contributed by atoms with Gasteiger partial charge in [-0.2, -0.15) is 0 Å². The smallest absolute Gasteiger partial charge is 0.336 e. The normalized spacial score (nSPS) is 15.6. The molecule has 4 aliphatic heterocycles. The topological polar surface area (TPSA) is 424 Å². The molecule has 2 atom stereocenters. The first-order chi connectivity index (χ1) is 66.6. The molecule has 3 aromatic rings. The second kappa shape index (κ2) is 71.0. The summed E-state index contributed by atoms with van der Waals surface area (Å²) in [7, 11) is -3.38. The van der Waals surface area contributed by atoms with Crippen molar-refractivity contribution in [1.29, 1.82) is 0 Å². The molecule has 0 bridgehead atoms. The first kappa shape index (κ1) is 117. The molecule has 137 heavy (non-hydrogen) atoms. The lowest BCUT2D eigenvalue weighted by atomic mass is 9.77. The third-order valence-electron chi connectivity index (χ3n) is 22.4. The van der Waals surface area contributed by atoms with E-state index in [2.05, 4.69) is 68.5 Å². The zero-order chi connectivity index (χ0) is 98.1. The number of amides is 3. The van der Waals surface area contributed by atoms with Crippen molar-refractivity contribution in [2.24, 2.45) is 0 Å². The SMILES string of the molecule is COCCOCCOCCOCCOCCOCCOCCOCCOCCOCCOCCOCCOCCOCCOCCOCCOCCOCCOCCOCCOCCOCCOCCOCCNC(=O)CCCCC[N+]1=c2cc3c(cc2C(C)CC1(C)C)=C(c1ccc(S(=O)(=O)[O-])cc1C(=O)O)c1cc2c(cc1O3)N(CCCCCC(=O)ON1C(=O)CCC1=O)C(C)(C)CC2C. The van der Waals surface area contributed by atoms with Gasteiger partial charge in [0.25, 0.3) is 11.8 Å². The third kappa shape index (κ3) is 47.9. The zero-order valence-electron chi connectivity index (χ0n) is 82.1. The van der Waals surface area contributed by atoms with E-state index in [4.69, 9.17) is 123 Å². The fourth-order valence-corrected chi connectivity index (χ4v) is 16.2. The minimum absolute atomic E-state index is 0.0158. The van der Waals surface area contributed by atoms with Crippen LogP contribution in [-0.2, 0) is 148 Å². The Morgan fingerprint density at radius 2 is 0.803 bits per heavy atom. The van der Waals surface area contributed by atoms with E-state index in [0.29, 0.717) is 395 Å². The van der Waals surface area contributed by atoms with E-state index in [-0.39, 0.29) is 59.2 Å². The summed E-state index contributed by atoms with van der Waals surface area (Å²) in [6.45, 7) is 36.7. The van der Waals surface area contributed by atoms with Crippen LogP contribution in [0.25, 0.3) is 5.57 Å². The number of imide groups is 1. The fourth-order valence-electron chi connectivity index (χ4n) is 15.7. The summed E-state index contributed by atoms with van der Waals surface area (Å²) >= 11 is 0. The number of benzene rings is 3. The van der Waals surface area contributed by atoms with Crippen LogP contribution in [0.15, 0.2) is 47.4 Å². The van der Waals surface area contributed by atoms with E-state index >= 15 is 0 Å². The molecule has 0 aliphatic carbocycles. The van der Waals surface area contributed by atoms with Crippen molar-refractivity contribution >= 4 is 51.0 Å². The summed E-state index contributed by atoms with van der Waals surface area (Å²) < 4.78 is 179. The Balaban J connectivity index is 0.596. The van der Waals surface area contributed by atoms with E-state index in [9.17, 15) is 42.0 Å². The maximum Gasteiger partial charge on any atom is 0.336 e. The molecule has 7 rings (SSSR count).